The molecule has 0 radical (unpaired) electrons. The van der Waals surface area contributed by atoms with Gasteiger partial charge in [-0.25, -0.2) is 9.13 Å². The second-order valence-corrected chi connectivity index (χ2v) is 37.0. The Morgan fingerprint density at radius 2 is 0.455 bits per heavy atom. The monoisotopic (exact) mass is 1630 g/mol. The van der Waals surface area contributed by atoms with Gasteiger partial charge in [0.1, 0.15) is 19.3 Å². The maximum absolute atomic E-state index is 13.2. The number of ether oxygens (including phenoxy) is 4. The van der Waals surface area contributed by atoms with E-state index in [1.54, 1.807) is 0 Å². The second-order valence-electron chi connectivity index (χ2n) is 34.1. The van der Waals surface area contributed by atoms with Gasteiger partial charge in [0.25, 0.3) is 0 Å². The minimum atomic E-state index is -4.97. The van der Waals surface area contributed by atoms with Crippen LogP contribution in [-0.2, 0) is 65.4 Å². The highest BCUT2D eigenvalue weighted by Crippen LogP contribution is 2.45. The summed E-state index contributed by atoms with van der Waals surface area (Å²) >= 11 is 0. The van der Waals surface area contributed by atoms with Crippen molar-refractivity contribution >= 4 is 39.5 Å². The van der Waals surface area contributed by atoms with E-state index in [2.05, 4.69) is 41.5 Å². The zero-order chi connectivity index (χ0) is 82.0. The number of hydrogen-bond acceptors (Lipinski definition) is 15. The Balaban J connectivity index is 5.23. The lowest BCUT2D eigenvalue weighted by atomic mass is 9.99. The molecule has 0 rings (SSSR count). The summed E-state index contributed by atoms with van der Waals surface area (Å²) in [5.41, 5.74) is 0. The Kier molecular flexibility index (Phi) is 82.6. The van der Waals surface area contributed by atoms with Crippen molar-refractivity contribution in [3.8, 4) is 0 Å². The van der Waals surface area contributed by atoms with Crippen LogP contribution in [0, 0.1) is 11.8 Å². The Bertz CT molecular complexity index is 2130. The first-order valence-electron chi connectivity index (χ1n) is 48.0. The van der Waals surface area contributed by atoms with E-state index in [0.29, 0.717) is 25.7 Å². The summed E-state index contributed by atoms with van der Waals surface area (Å²) in [4.78, 5) is 73.5. The molecule has 17 nitrogen and oxygen atoms in total. The standard InChI is InChI=1S/C93H182O17P2/c1-7-10-12-14-16-18-20-22-24-26-28-29-30-35-38-42-46-50-57-63-69-75-90(95)103-81-88(109-92(97)77-72-66-60-52-48-44-40-36-32-31-33-37-41-45-49-56-62-68-74-86(6)9-3)83-107-111(99,100)105-79-87(94)80-106-112(101,102)108-84-89(82-104-91(96)76-70-64-58-54-53-55-61-67-73-85(4)5)110-93(98)78-71-65-59-51-47-43-39-34-27-25-23-21-19-17-15-13-11-8-2/h85-89,94H,7-84H2,1-6H3,(H,99,100)(H,101,102)/t86?,87-,88-,89-/m1/s1. The van der Waals surface area contributed by atoms with E-state index in [1.165, 1.54) is 321 Å². The number of carbonyl (C=O) groups is 4. The maximum Gasteiger partial charge on any atom is 0.472 e. The van der Waals surface area contributed by atoms with Gasteiger partial charge in [-0.15, -0.1) is 0 Å². The predicted molar refractivity (Wildman–Crippen MR) is 465 cm³/mol. The molecule has 0 saturated heterocycles. The van der Waals surface area contributed by atoms with E-state index in [1.807, 2.05) is 0 Å². The fourth-order valence-corrected chi connectivity index (χ4v) is 16.2. The number of hydrogen-bond donors (Lipinski definition) is 3. The molecule has 0 aliphatic rings. The lowest BCUT2D eigenvalue weighted by Gasteiger charge is -2.21. The lowest BCUT2D eigenvalue weighted by molar-refractivity contribution is -0.161. The number of carbonyl (C=O) groups excluding carboxylic acids is 4. The Morgan fingerprint density at radius 1 is 0.259 bits per heavy atom. The molecule has 0 aliphatic carbocycles. The van der Waals surface area contributed by atoms with Gasteiger partial charge >= 0.3 is 39.5 Å². The molecule has 0 amide bonds. The first kappa shape index (κ1) is 110. The van der Waals surface area contributed by atoms with Crippen molar-refractivity contribution in [1.82, 2.24) is 0 Å². The van der Waals surface area contributed by atoms with Gasteiger partial charge < -0.3 is 33.8 Å². The molecule has 0 saturated carbocycles. The highest BCUT2D eigenvalue weighted by Gasteiger charge is 2.31. The van der Waals surface area contributed by atoms with Crippen molar-refractivity contribution in [1.29, 1.82) is 0 Å². The molecule has 6 atom stereocenters. The van der Waals surface area contributed by atoms with E-state index < -0.39 is 97.5 Å². The molecule has 0 aromatic carbocycles. The molecule has 0 fully saturated rings. The van der Waals surface area contributed by atoms with Gasteiger partial charge in [-0.3, -0.25) is 37.3 Å². The number of phosphoric ester groups is 2. The van der Waals surface area contributed by atoms with Crippen molar-refractivity contribution in [2.24, 2.45) is 11.8 Å². The lowest BCUT2D eigenvalue weighted by Crippen LogP contribution is -2.30. The van der Waals surface area contributed by atoms with Gasteiger partial charge in [0.05, 0.1) is 26.4 Å². The van der Waals surface area contributed by atoms with Crippen LogP contribution in [-0.4, -0.2) is 96.7 Å². The van der Waals surface area contributed by atoms with Crippen LogP contribution >= 0.6 is 15.6 Å². The summed E-state index contributed by atoms with van der Waals surface area (Å²) in [5, 5.41) is 10.7. The van der Waals surface area contributed by atoms with Gasteiger partial charge in [-0.05, 0) is 37.5 Å². The first-order valence-corrected chi connectivity index (χ1v) is 51.0. The number of phosphoric acid groups is 2. The van der Waals surface area contributed by atoms with Crippen LogP contribution in [0.1, 0.15) is 504 Å². The quantitative estimate of drug-likeness (QED) is 0.0222. The summed E-state index contributed by atoms with van der Waals surface area (Å²) in [6.07, 6.45) is 79.3. The van der Waals surface area contributed by atoms with E-state index >= 15 is 0 Å². The smallest absolute Gasteiger partial charge is 0.462 e. The van der Waals surface area contributed by atoms with Crippen LogP contribution < -0.4 is 0 Å². The molecule has 0 aromatic rings. The highest BCUT2D eigenvalue weighted by atomic mass is 31.2. The number of rotatable bonds is 92. The van der Waals surface area contributed by atoms with Crippen molar-refractivity contribution < 1.29 is 80.2 Å². The maximum atomic E-state index is 13.2. The molecule has 3 unspecified atom stereocenters. The van der Waals surface area contributed by atoms with Gasteiger partial charge in [-0.2, -0.15) is 0 Å². The molecular formula is C93H182O17P2. The molecule has 112 heavy (non-hydrogen) atoms. The van der Waals surface area contributed by atoms with Crippen LogP contribution in [0.2, 0.25) is 0 Å². The third-order valence-electron chi connectivity index (χ3n) is 22.3. The number of aliphatic hydroxyl groups is 1. The summed E-state index contributed by atoms with van der Waals surface area (Å²) in [6.45, 7) is 9.75. The number of aliphatic hydroxyl groups excluding tert-OH is 1. The average molecular weight is 1630 g/mol. The van der Waals surface area contributed by atoms with Crippen LogP contribution in [0.3, 0.4) is 0 Å². The topological polar surface area (TPSA) is 237 Å². The highest BCUT2D eigenvalue weighted by molar-refractivity contribution is 7.47. The van der Waals surface area contributed by atoms with E-state index in [9.17, 15) is 43.2 Å². The molecule has 0 aromatic heterocycles. The molecule has 3 N–H and O–H groups in total. The van der Waals surface area contributed by atoms with Crippen molar-refractivity contribution in [2.45, 2.75) is 522 Å². The molecule has 0 heterocycles. The summed E-state index contributed by atoms with van der Waals surface area (Å²) < 4.78 is 69.1. The molecule has 0 bridgehead atoms. The van der Waals surface area contributed by atoms with Crippen molar-refractivity contribution in [3.63, 3.8) is 0 Å². The van der Waals surface area contributed by atoms with Crippen LogP contribution in [0.25, 0.3) is 0 Å². The van der Waals surface area contributed by atoms with Gasteiger partial charge in [0.2, 0.25) is 0 Å². The Morgan fingerprint density at radius 3 is 0.679 bits per heavy atom. The van der Waals surface area contributed by atoms with E-state index in [-0.39, 0.29) is 25.7 Å². The van der Waals surface area contributed by atoms with Crippen LogP contribution in [0.4, 0.5) is 0 Å². The minimum absolute atomic E-state index is 0.108. The first-order chi connectivity index (χ1) is 54.4. The molecule has 19 heteroatoms. The summed E-state index contributed by atoms with van der Waals surface area (Å²) in [6, 6.07) is 0. The SMILES string of the molecule is CCCCCCCCCCCCCCCCCCCCCCCC(=O)OC[C@H](COP(=O)(O)OC[C@@H](O)COP(=O)(O)OC[C@@H](COC(=O)CCCCCCCCCCC(C)C)OC(=O)CCCCCCCCCCCCCCCCCCCC)OC(=O)CCCCCCCCCCCCCCCCCCCCC(C)CC. The Hall–Kier alpha value is -1.94. The molecular weight excluding hydrogens is 1450 g/mol. The van der Waals surface area contributed by atoms with Crippen LogP contribution in [0.15, 0.2) is 0 Å². The minimum Gasteiger partial charge on any atom is -0.462 e. The molecule has 0 spiro atoms. The van der Waals surface area contributed by atoms with Crippen LogP contribution in [0.5, 0.6) is 0 Å². The van der Waals surface area contributed by atoms with E-state index in [4.69, 9.17) is 37.0 Å². The van der Waals surface area contributed by atoms with Crippen molar-refractivity contribution in [3.05, 3.63) is 0 Å². The Labute approximate surface area is 689 Å². The normalized spacial score (nSPS) is 13.9. The van der Waals surface area contributed by atoms with Gasteiger partial charge in [0, 0.05) is 25.7 Å². The molecule has 666 valence electrons. The fourth-order valence-electron chi connectivity index (χ4n) is 14.6. The van der Waals surface area contributed by atoms with Crippen molar-refractivity contribution in [2.75, 3.05) is 39.6 Å². The fraction of sp³-hybridized carbons (Fsp3) is 0.957. The third kappa shape index (κ3) is 84.5. The predicted octanol–water partition coefficient (Wildman–Crippen LogP) is 29.0. The number of esters is 4. The largest absolute Gasteiger partial charge is 0.472 e. The average Bonchev–Trinajstić information content (AvgIpc) is 0.900. The second kappa shape index (κ2) is 84.1. The zero-order valence-corrected chi connectivity index (χ0v) is 75.8. The molecule has 0 aliphatic heterocycles. The van der Waals surface area contributed by atoms with Gasteiger partial charge in [0.15, 0.2) is 12.2 Å². The van der Waals surface area contributed by atoms with E-state index in [0.717, 1.165) is 102 Å². The van der Waals surface area contributed by atoms with Gasteiger partial charge in [-0.1, -0.05) is 452 Å². The number of unbranched alkanes of at least 4 members (excludes halogenated alkanes) is 61. The summed E-state index contributed by atoms with van der Waals surface area (Å²) in [7, 11) is -9.94. The summed E-state index contributed by atoms with van der Waals surface area (Å²) in [5.74, 6) is -0.498. The zero-order valence-electron chi connectivity index (χ0n) is 74.0. The third-order valence-corrected chi connectivity index (χ3v) is 24.2.